The van der Waals surface area contributed by atoms with Crippen molar-refractivity contribution in [1.82, 2.24) is 5.48 Å². The second-order valence-corrected chi connectivity index (χ2v) is 5.36. The first-order valence-electron chi connectivity index (χ1n) is 7.67. The summed E-state index contributed by atoms with van der Waals surface area (Å²) in [7, 11) is 0. The van der Waals surface area contributed by atoms with Gasteiger partial charge < -0.3 is 15.1 Å². The highest BCUT2D eigenvalue weighted by Gasteiger charge is 2.33. The molecule has 0 aromatic carbocycles. The number of carbonyl (C=O) groups is 1. The van der Waals surface area contributed by atoms with Crippen molar-refractivity contribution in [2.24, 2.45) is 5.92 Å². The molecule has 0 aromatic rings. The Kier molecular flexibility index (Phi) is 11.1. The van der Waals surface area contributed by atoms with Gasteiger partial charge in [0.05, 0.1) is 5.60 Å². The lowest BCUT2D eigenvalue weighted by Gasteiger charge is -2.37. The van der Waals surface area contributed by atoms with Crippen molar-refractivity contribution in [2.45, 2.75) is 77.2 Å². The van der Waals surface area contributed by atoms with E-state index in [9.17, 15) is 9.90 Å². The van der Waals surface area contributed by atoms with Crippen LogP contribution >= 0.6 is 0 Å². The number of unbranched alkanes of at least 4 members (excludes halogenated alkanes) is 1. The zero-order valence-corrected chi connectivity index (χ0v) is 12.5. The summed E-state index contributed by atoms with van der Waals surface area (Å²) < 4.78 is 0. The molecule has 0 radical (unpaired) electrons. The van der Waals surface area contributed by atoms with Gasteiger partial charge in [0, 0.05) is 13.0 Å². The molecule has 1 aliphatic carbocycles. The lowest BCUT2D eigenvalue weighted by Crippen LogP contribution is -2.37. The summed E-state index contributed by atoms with van der Waals surface area (Å²) in [5.74, 6) is 0.584. The van der Waals surface area contributed by atoms with E-state index in [0.717, 1.165) is 19.1 Å². The maximum atomic E-state index is 10.3. The average Bonchev–Trinajstić information content (AvgIpc) is 2.48. The lowest BCUT2D eigenvalue weighted by atomic mass is 9.74. The van der Waals surface area contributed by atoms with Gasteiger partial charge in [0.15, 0.2) is 0 Å². The number of nitrogens with one attached hydrogen (secondary N) is 1. The Labute approximate surface area is 117 Å². The molecule has 114 valence electrons. The Bertz CT molecular complexity index is 211. The van der Waals surface area contributed by atoms with Crippen LogP contribution in [0.1, 0.15) is 71.6 Å². The van der Waals surface area contributed by atoms with E-state index in [4.69, 9.17) is 5.21 Å². The molecule has 0 bridgehead atoms. The molecule has 3 N–H and O–H groups in total. The maximum absolute atomic E-state index is 10.3. The molecule has 0 amide bonds. The molecule has 1 fully saturated rings. The summed E-state index contributed by atoms with van der Waals surface area (Å²) in [4.78, 5) is 9.57. The zero-order valence-electron chi connectivity index (χ0n) is 12.5. The smallest absolute Gasteiger partial charge is 0.120 e. The maximum Gasteiger partial charge on any atom is 0.120 e. The van der Waals surface area contributed by atoms with E-state index >= 15 is 0 Å². The highest BCUT2D eigenvalue weighted by molar-refractivity contribution is 5.48. The lowest BCUT2D eigenvalue weighted by molar-refractivity contribution is -0.107. The van der Waals surface area contributed by atoms with E-state index in [1.165, 1.54) is 32.1 Å². The largest absolute Gasteiger partial charge is 0.390 e. The van der Waals surface area contributed by atoms with Gasteiger partial charge in [0.1, 0.15) is 6.29 Å². The van der Waals surface area contributed by atoms with Gasteiger partial charge in [-0.3, -0.25) is 0 Å². The summed E-state index contributed by atoms with van der Waals surface area (Å²) in [6.45, 7) is 4.72. The van der Waals surface area contributed by atoms with Crippen LogP contribution in [0.4, 0.5) is 0 Å². The van der Waals surface area contributed by atoms with Crippen molar-refractivity contribution >= 4 is 6.29 Å². The van der Waals surface area contributed by atoms with Crippen LogP contribution in [-0.2, 0) is 4.79 Å². The Morgan fingerprint density at radius 1 is 1.21 bits per heavy atom. The average molecular weight is 273 g/mol. The predicted octanol–water partition coefficient (Wildman–Crippen LogP) is 3.06. The second kappa shape index (κ2) is 11.4. The Morgan fingerprint density at radius 2 is 1.79 bits per heavy atom. The van der Waals surface area contributed by atoms with Crippen molar-refractivity contribution in [3.05, 3.63) is 0 Å². The van der Waals surface area contributed by atoms with Gasteiger partial charge in [-0.05, 0) is 38.0 Å². The van der Waals surface area contributed by atoms with Crippen molar-refractivity contribution < 1.29 is 15.1 Å². The first-order chi connectivity index (χ1) is 9.14. The first-order valence-corrected chi connectivity index (χ1v) is 7.67. The first kappa shape index (κ1) is 18.6. The number of aldehydes is 1. The normalized spacial score (nSPS) is 16.6. The molecule has 4 heteroatoms. The van der Waals surface area contributed by atoms with E-state index in [1.807, 2.05) is 5.48 Å². The quantitative estimate of drug-likeness (QED) is 0.379. The van der Waals surface area contributed by atoms with Crippen LogP contribution in [0.15, 0.2) is 0 Å². The molecule has 0 saturated heterocycles. The zero-order chi connectivity index (χ0) is 14.6. The Balaban J connectivity index is 0.000000399. The van der Waals surface area contributed by atoms with Crippen LogP contribution in [0.5, 0.6) is 0 Å². The number of hydrogen-bond acceptors (Lipinski definition) is 4. The Hall–Kier alpha value is -0.450. The second-order valence-electron chi connectivity index (χ2n) is 5.36. The molecule has 1 aliphatic rings. The molecule has 4 nitrogen and oxygen atoms in total. The highest BCUT2D eigenvalue weighted by atomic mass is 16.5. The summed E-state index contributed by atoms with van der Waals surface area (Å²) in [6, 6.07) is 0. The third kappa shape index (κ3) is 7.65. The molecule has 0 heterocycles. The van der Waals surface area contributed by atoms with Crippen LogP contribution in [0.25, 0.3) is 0 Å². The number of rotatable bonds is 7. The minimum absolute atomic E-state index is 0.347. The van der Waals surface area contributed by atoms with Crippen LogP contribution in [0.3, 0.4) is 0 Å². The van der Waals surface area contributed by atoms with Crippen molar-refractivity contribution in [1.29, 1.82) is 0 Å². The van der Waals surface area contributed by atoms with E-state index in [1.54, 1.807) is 0 Å². The van der Waals surface area contributed by atoms with E-state index in [2.05, 4.69) is 13.8 Å². The minimum atomic E-state index is -0.347. The molecular weight excluding hydrogens is 242 g/mol. The van der Waals surface area contributed by atoms with Crippen LogP contribution in [0.2, 0.25) is 0 Å². The standard InChI is InChI=1S/C11H22O.C4H9NO2/c1-3-11(12,4-2)10-8-6-5-7-9-10;6-4-2-1-3-5-7/h10,12H,3-9H2,1-2H3;4-5,7H,1-3H2. The van der Waals surface area contributed by atoms with Crippen molar-refractivity contribution in [3.8, 4) is 0 Å². The molecular formula is C15H31NO3. The van der Waals surface area contributed by atoms with Gasteiger partial charge in [-0.25, -0.2) is 5.48 Å². The topological polar surface area (TPSA) is 69.6 Å². The summed E-state index contributed by atoms with van der Waals surface area (Å²) in [5.41, 5.74) is 1.60. The summed E-state index contributed by atoms with van der Waals surface area (Å²) in [5, 5.41) is 18.2. The molecule has 0 unspecified atom stereocenters. The number of hydrogen-bond donors (Lipinski definition) is 3. The number of carbonyl (C=O) groups excluding carboxylic acids is 1. The van der Waals surface area contributed by atoms with Crippen molar-refractivity contribution in [3.63, 3.8) is 0 Å². The SMILES string of the molecule is CCC(O)(CC)C1CCCCC1.O=CCCCNO. The molecule has 19 heavy (non-hydrogen) atoms. The molecule has 1 saturated carbocycles. The fraction of sp³-hybridized carbons (Fsp3) is 0.933. The van der Waals surface area contributed by atoms with Crippen LogP contribution < -0.4 is 5.48 Å². The van der Waals surface area contributed by atoms with Gasteiger partial charge in [-0.15, -0.1) is 0 Å². The monoisotopic (exact) mass is 273 g/mol. The molecule has 0 spiro atoms. The van der Waals surface area contributed by atoms with Crippen molar-refractivity contribution in [2.75, 3.05) is 6.54 Å². The summed E-state index contributed by atoms with van der Waals surface area (Å²) in [6.07, 6.45) is 10.4. The van der Waals surface area contributed by atoms with Gasteiger partial charge in [-0.2, -0.15) is 0 Å². The van der Waals surface area contributed by atoms with E-state index in [-0.39, 0.29) is 5.60 Å². The van der Waals surface area contributed by atoms with Gasteiger partial charge >= 0.3 is 0 Å². The van der Waals surface area contributed by atoms with Crippen LogP contribution in [-0.4, -0.2) is 28.7 Å². The molecule has 0 aliphatic heterocycles. The third-order valence-electron chi connectivity index (χ3n) is 4.20. The third-order valence-corrected chi connectivity index (χ3v) is 4.20. The molecule has 1 rings (SSSR count). The van der Waals surface area contributed by atoms with Gasteiger partial charge in [0.25, 0.3) is 0 Å². The van der Waals surface area contributed by atoms with Crippen LogP contribution in [0, 0.1) is 5.92 Å². The van der Waals surface area contributed by atoms with Gasteiger partial charge in [-0.1, -0.05) is 33.1 Å². The van der Waals surface area contributed by atoms with E-state index < -0.39 is 0 Å². The highest BCUT2D eigenvalue weighted by Crippen LogP contribution is 2.36. The summed E-state index contributed by atoms with van der Waals surface area (Å²) >= 11 is 0. The minimum Gasteiger partial charge on any atom is -0.390 e. The van der Waals surface area contributed by atoms with Gasteiger partial charge in [0.2, 0.25) is 0 Å². The predicted molar refractivity (Wildman–Crippen MR) is 77.2 cm³/mol. The fourth-order valence-corrected chi connectivity index (χ4v) is 2.73. The van der Waals surface area contributed by atoms with E-state index in [0.29, 0.717) is 25.3 Å². The Morgan fingerprint density at radius 3 is 2.21 bits per heavy atom. The molecule has 0 aromatic heterocycles. The number of hydroxylamine groups is 1. The number of aliphatic hydroxyl groups is 1. The fourth-order valence-electron chi connectivity index (χ4n) is 2.73. The molecule has 0 atom stereocenters.